The first kappa shape index (κ1) is 19.2. The van der Waals surface area contributed by atoms with Crippen molar-refractivity contribution in [2.24, 2.45) is 4.99 Å². The molecule has 1 amide bonds. The number of aryl methyl sites for hydroxylation is 1. The Bertz CT molecular complexity index is 1100. The number of aliphatic imine (C=N–C) groups is 1. The van der Waals surface area contributed by atoms with E-state index in [1.165, 1.54) is 6.07 Å². The van der Waals surface area contributed by atoms with E-state index in [4.69, 9.17) is 0 Å². The number of nitrogens with zero attached hydrogens (tertiary/aromatic N) is 3. The van der Waals surface area contributed by atoms with Gasteiger partial charge in [-0.25, -0.2) is 4.99 Å². The molecule has 144 valence electrons. The Labute approximate surface area is 159 Å². The molecule has 0 aliphatic rings. The van der Waals surface area contributed by atoms with Gasteiger partial charge in [-0.1, -0.05) is 0 Å². The van der Waals surface area contributed by atoms with Crippen molar-refractivity contribution in [2.75, 3.05) is 0 Å². The number of rotatable bonds is 5. The Hall–Kier alpha value is -3.62. The van der Waals surface area contributed by atoms with Crippen LogP contribution >= 0.6 is 0 Å². The molecular weight excluding hydrogens is 366 g/mol. The van der Waals surface area contributed by atoms with Crippen LogP contribution in [0.3, 0.4) is 0 Å². The number of hydrogen-bond acceptors (Lipinski definition) is 4. The second-order valence-electron chi connectivity index (χ2n) is 6.22. The van der Waals surface area contributed by atoms with Gasteiger partial charge in [0.1, 0.15) is 5.82 Å². The lowest BCUT2D eigenvalue weighted by Crippen LogP contribution is -2.22. The molecule has 7 nitrogen and oxygen atoms in total. The second kappa shape index (κ2) is 7.55. The molecule has 0 aromatic carbocycles. The Kier molecular flexibility index (Phi) is 5.16. The van der Waals surface area contributed by atoms with Gasteiger partial charge in [-0.15, -0.1) is 0 Å². The molecular formula is C19H18F2N6O. The summed E-state index contributed by atoms with van der Waals surface area (Å²) in [5.41, 5.74) is 3.44. The zero-order valence-corrected chi connectivity index (χ0v) is 15.5. The average molecular weight is 384 g/mol. The SMILES string of the molecule is C=Nc1[nH]c(-c2ccc(F)nc2F)cc1/C=C(\C)NC(=O)c1n[nH]c(C)c1C. The van der Waals surface area contributed by atoms with Crippen molar-refractivity contribution in [3.63, 3.8) is 0 Å². The van der Waals surface area contributed by atoms with E-state index in [-0.39, 0.29) is 11.5 Å². The number of halogens is 2. The highest BCUT2D eigenvalue weighted by Gasteiger charge is 2.16. The summed E-state index contributed by atoms with van der Waals surface area (Å²) in [5.74, 6) is -1.83. The van der Waals surface area contributed by atoms with Crippen LogP contribution in [0.4, 0.5) is 14.6 Å². The van der Waals surface area contributed by atoms with E-state index in [0.29, 0.717) is 28.5 Å². The number of hydrogen-bond donors (Lipinski definition) is 3. The number of allylic oxidation sites excluding steroid dienone is 1. The number of amides is 1. The molecule has 3 aromatic rings. The van der Waals surface area contributed by atoms with E-state index in [1.807, 2.05) is 6.92 Å². The van der Waals surface area contributed by atoms with Crippen molar-refractivity contribution in [2.45, 2.75) is 20.8 Å². The van der Waals surface area contributed by atoms with Gasteiger partial charge in [0.2, 0.25) is 11.9 Å². The van der Waals surface area contributed by atoms with Crippen LogP contribution in [0, 0.1) is 25.7 Å². The number of carbonyl (C=O) groups excluding carboxylic acids is 1. The lowest BCUT2D eigenvalue weighted by atomic mass is 10.1. The van der Waals surface area contributed by atoms with Crippen LogP contribution in [-0.4, -0.2) is 32.8 Å². The Balaban J connectivity index is 1.88. The molecule has 0 saturated heterocycles. The summed E-state index contributed by atoms with van der Waals surface area (Å²) >= 11 is 0. The topological polar surface area (TPSA) is 98.8 Å². The summed E-state index contributed by atoms with van der Waals surface area (Å²) < 4.78 is 27.0. The molecule has 3 heterocycles. The molecule has 28 heavy (non-hydrogen) atoms. The van der Waals surface area contributed by atoms with Gasteiger partial charge < -0.3 is 10.3 Å². The van der Waals surface area contributed by atoms with Crippen molar-refractivity contribution >= 4 is 24.5 Å². The monoisotopic (exact) mass is 384 g/mol. The zero-order valence-electron chi connectivity index (χ0n) is 15.5. The third-order valence-corrected chi connectivity index (χ3v) is 4.24. The fraction of sp³-hybridized carbons (Fsp3) is 0.158. The molecule has 0 fully saturated rings. The molecule has 0 saturated carbocycles. The van der Waals surface area contributed by atoms with E-state index in [0.717, 1.165) is 17.3 Å². The maximum atomic E-state index is 13.9. The van der Waals surface area contributed by atoms with Gasteiger partial charge in [-0.2, -0.15) is 18.9 Å². The minimum absolute atomic E-state index is 0.0928. The molecule has 3 aromatic heterocycles. The molecule has 0 unspecified atom stereocenters. The van der Waals surface area contributed by atoms with E-state index in [9.17, 15) is 13.6 Å². The second-order valence-corrected chi connectivity index (χ2v) is 6.22. The summed E-state index contributed by atoms with van der Waals surface area (Å²) in [5, 5.41) is 9.50. The van der Waals surface area contributed by atoms with E-state index < -0.39 is 11.9 Å². The minimum Gasteiger partial charge on any atom is -0.339 e. The fourth-order valence-electron chi connectivity index (χ4n) is 2.67. The predicted molar refractivity (Wildman–Crippen MR) is 102 cm³/mol. The highest BCUT2D eigenvalue weighted by Crippen LogP contribution is 2.29. The van der Waals surface area contributed by atoms with E-state index in [2.05, 4.69) is 37.2 Å². The van der Waals surface area contributed by atoms with Gasteiger partial charge in [-0.3, -0.25) is 9.89 Å². The minimum atomic E-state index is -0.943. The maximum absolute atomic E-state index is 13.9. The van der Waals surface area contributed by atoms with Crippen molar-refractivity contribution in [1.82, 2.24) is 25.5 Å². The number of aromatic amines is 2. The molecule has 3 rings (SSSR count). The van der Waals surface area contributed by atoms with Crippen LogP contribution in [0.5, 0.6) is 0 Å². The maximum Gasteiger partial charge on any atom is 0.276 e. The number of pyridine rings is 1. The molecule has 0 aliphatic heterocycles. The van der Waals surface area contributed by atoms with Crippen molar-refractivity contribution in [3.8, 4) is 11.3 Å². The predicted octanol–water partition coefficient (Wildman–Crippen LogP) is 3.82. The average Bonchev–Trinajstić information content (AvgIpc) is 3.18. The van der Waals surface area contributed by atoms with Gasteiger partial charge in [0, 0.05) is 22.5 Å². The number of nitrogens with one attached hydrogen (secondary N) is 3. The molecule has 9 heteroatoms. The van der Waals surface area contributed by atoms with Crippen molar-refractivity contribution in [1.29, 1.82) is 0 Å². The van der Waals surface area contributed by atoms with Gasteiger partial charge in [0.05, 0.1) is 11.3 Å². The van der Waals surface area contributed by atoms with E-state index in [1.54, 1.807) is 26.0 Å². The van der Waals surface area contributed by atoms with Crippen molar-refractivity contribution in [3.05, 3.63) is 58.3 Å². The highest BCUT2D eigenvalue weighted by atomic mass is 19.1. The van der Waals surface area contributed by atoms with Crippen LogP contribution in [0.1, 0.15) is 34.2 Å². The standard InChI is InChI=1S/C19H18F2N6O/c1-9(23-19(28)16-10(2)11(3)26-27-16)7-12-8-14(24-18(12)22-4)13-5-6-15(20)25-17(13)21/h5-8,24H,4H2,1-3H3,(H,23,28)(H,26,27)/b9-7+. The number of aromatic nitrogens is 4. The molecule has 0 spiro atoms. The summed E-state index contributed by atoms with van der Waals surface area (Å²) in [6.45, 7) is 8.81. The quantitative estimate of drug-likeness (QED) is 0.461. The fourth-order valence-corrected chi connectivity index (χ4v) is 2.67. The molecule has 3 N–H and O–H groups in total. The van der Waals surface area contributed by atoms with E-state index >= 15 is 0 Å². The normalized spacial score (nSPS) is 11.5. The molecule has 0 aliphatic carbocycles. The first-order valence-electron chi connectivity index (χ1n) is 8.33. The summed E-state index contributed by atoms with van der Waals surface area (Å²) in [6.07, 6.45) is 1.66. The van der Waals surface area contributed by atoms with Crippen LogP contribution in [0.25, 0.3) is 17.3 Å². The Morgan fingerprint density at radius 1 is 1.32 bits per heavy atom. The smallest absolute Gasteiger partial charge is 0.276 e. The lowest BCUT2D eigenvalue weighted by Gasteiger charge is -2.04. The Morgan fingerprint density at radius 2 is 2.07 bits per heavy atom. The molecule has 0 atom stereocenters. The van der Waals surface area contributed by atoms with Gasteiger partial charge in [-0.05, 0) is 51.8 Å². The van der Waals surface area contributed by atoms with Gasteiger partial charge >= 0.3 is 0 Å². The number of H-pyrrole nitrogens is 2. The third-order valence-electron chi connectivity index (χ3n) is 4.24. The van der Waals surface area contributed by atoms with Crippen molar-refractivity contribution < 1.29 is 13.6 Å². The first-order valence-corrected chi connectivity index (χ1v) is 8.33. The zero-order chi connectivity index (χ0) is 20.4. The summed E-state index contributed by atoms with van der Waals surface area (Å²) in [7, 11) is 0. The van der Waals surface area contributed by atoms with Gasteiger partial charge in [0.15, 0.2) is 5.69 Å². The Morgan fingerprint density at radius 3 is 2.68 bits per heavy atom. The van der Waals surface area contributed by atoms with Crippen LogP contribution in [0.2, 0.25) is 0 Å². The highest BCUT2D eigenvalue weighted by molar-refractivity contribution is 5.95. The number of carbonyl (C=O) groups is 1. The summed E-state index contributed by atoms with van der Waals surface area (Å²) in [4.78, 5) is 22.3. The van der Waals surface area contributed by atoms with Gasteiger partial charge in [0.25, 0.3) is 5.91 Å². The molecule has 0 radical (unpaired) electrons. The molecule has 0 bridgehead atoms. The van der Waals surface area contributed by atoms with Crippen LogP contribution < -0.4 is 5.32 Å². The largest absolute Gasteiger partial charge is 0.339 e. The van der Waals surface area contributed by atoms with Crippen LogP contribution in [0.15, 0.2) is 28.9 Å². The lowest BCUT2D eigenvalue weighted by molar-refractivity contribution is 0.0961. The third kappa shape index (κ3) is 3.73. The summed E-state index contributed by atoms with van der Waals surface area (Å²) in [6, 6.07) is 3.96. The first-order chi connectivity index (χ1) is 13.3. The van der Waals surface area contributed by atoms with Crippen LogP contribution in [-0.2, 0) is 0 Å².